The molecule has 2 aliphatic rings. The Morgan fingerprint density at radius 3 is 2.35 bits per heavy atom. The topological polar surface area (TPSA) is 44.8 Å². The highest BCUT2D eigenvalue weighted by molar-refractivity contribution is 5.73. The SMILES string of the molecule is COC1CC(NC2CCN(C(=O)N(C)C)CC2)C1(C)C. The van der Waals surface area contributed by atoms with Crippen LogP contribution in [0.15, 0.2) is 0 Å². The first-order chi connectivity index (χ1) is 9.36. The van der Waals surface area contributed by atoms with Gasteiger partial charge in [-0.2, -0.15) is 0 Å². The van der Waals surface area contributed by atoms with E-state index in [-0.39, 0.29) is 11.4 Å². The molecular weight excluding hydrogens is 254 g/mol. The molecule has 2 atom stereocenters. The lowest BCUT2D eigenvalue weighted by Crippen LogP contribution is -2.63. The fourth-order valence-electron chi connectivity index (χ4n) is 3.37. The molecule has 1 saturated carbocycles. The average molecular weight is 283 g/mol. The zero-order valence-electron chi connectivity index (χ0n) is 13.5. The molecule has 1 saturated heterocycles. The molecule has 1 aliphatic carbocycles. The number of nitrogens with zero attached hydrogens (tertiary/aromatic N) is 2. The van der Waals surface area contributed by atoms with Crippen LogP contribution >= 0.6 is 0 Å². The predicted octanol–water partition coefficient (Wildman–Crippen LogP) is 1.54. The largest absolute Gasteiger partial charge is 0.381 e. The molecule has 2 unspecified atom stereocenters. The van der Waals surface area contributed by atoms with Gasteiger partial charge >= 0.3 is 6.03 Å². The van der Waals surface area contributed by atoms with Crippen LogP contribution in [0.2, 0.25) is 0 Å². The van der Waals surface area contributed by atoms with E-state index in [9.17, 15) is 4.79 Å². The van der Waals surface area contributed by atoms with E-state index in [2.05, 4.69) is 19.2 Å². The second-order valence-corrected chi connectivity index (χ2v) is 6.94. The van der Waals surface area contributed by atoms with Crippen LogP contribution in [0.3, 0.4) is 0 Å². The van der Waals surface area contributed by atoms with Gasteiger partial charge in [0.1, 0.15) is 0 Å². The molecule has 0 bridgehead atoms. The third-order valence-corrected chi connectivity index (χ3v) is 5.05. The maximum atomic E-state index is 11.9. The van der Waals surface area contributed by atoms with Crippen molar-refractivity contribution in [1.82, 2.24) is 15.1 Å². The normalized spacial score (nSPS) is 29.9. The molecule has 0 spiro atoms. The molecule has 0 aromatic heterocycles. The molecule has 1 aliphatic heterocycles. The number of likely N-dealkylation sites (tertiary alicyclic amines) is 1. The zero-order valence-corrected chi connectivity index (χ0v) is 13.5. The molecule has 116 valence electrons. The Balaban J connectivity index is 1.77. The predicted molar refractivity (Wildman–Crippen MR) is 79.8 cm³/mol. The standard InChI is InChI=1S/C15H29N3O2/c1-15(2)12(10-13(15)20-5)16-11-6-8-18(9-7-11)14(19)17(3)4/h11-13,16H,6-10H2,1-5H3. The Kier molecular flexibility index (Phi) is 4.59. The van der Waals surface area contributed by atoms with Gasteiger partial charge in [-0.25, -0.2) is 4.79 Å². The monoisotopic (exact) mass is 283 g/mol. The van der Waals surface area contributed by atoms with E-state index in [0.29, 0.717) is 18.2 Å². The number of ether oxygens (including phenoxy) is 1. The molecule has 1 heterocycles. The lowest BCUT2D eigenvalue weighted by Gasteiger charge is -2.53. The van der Waals surface area contributed by atoms with Crippen LogP contribution in [0.5, 0.6) is 0 Å². The van der Waals surface area contributed by atoms with E-state index in [0.717, 1.165) is 32.4 Å². The van der Waals surface area contributed by atoms with E-state index in [1.54, 1.807) is 12.0 Å². The lowest BCUT2D eigenvalue weighted by molar-refractivity contribution is -0.101. The highest BCUT2D eigenvalue weighted by Gasteiger charge is 2.49. The summed E-state index contributed by atoms with van der Waals surface area (Å²) in [6, 6.07) is 1.20. The summed E-state index contributed by atoms with van der Waals surface area (Å²) in [6.07, 6.45) is 3.56. The summed E-state index contributed by atoms with van der Waals surface area (Å²) in [7, 11) is 5.43. The van der Waals surface area contributed by atoms with Crippen LogP contribution in [0.25, 0.3) is 0 Å². The second kappa shape index (κ2) is 5.90. The van der Waals surface area contributed by atoms with Crippen molar-refractivity contribution in [2.75, 3.05) is 34.3 Å². The number of rotatable bonds is 3. The van der Waals surface area contributed by atoms with Gasteiger partial charge < -0.3 is 19.9 Å². The summed E-state index contributed by atoms with van der Waals surface area (Å²) in [5, 5.41) is 3.77. The maximum Gasteiger partial charge on any atom is 0.319 e. The minimum absolute atomic E-state index is 0.131. The van der Waals surface area contributed by atoms with Crippen LogP contribution in [0, 0.1) is 5.41 Å². The van der Waals surface area contributed by atoms with Crippen molar-refractivity contribution < 1.29 is 9.53 Å². The van der Waals surface area contributed by atoms with E-state index >= 15 is 0 Å². The summed E-state index contributed by atoms with van der Waals surface area (Å²) in [4.78, 5) is 15.5. The quantitative estimate of drug-likeness (QED) is 0.854. The van der Waals surface area contributed by atoms with Crippen molar-refractivity contribution in [3.63, 3.8) is 0 Å². The van der Waals surface area contributed by atoms with Crippen molar-refractivity contribution in [1.29, 1.82) is 0 Å². The van der Waals surface area contributed by atoms with Gasteiger partial charge in [-0.05, 0) is 19.3 Å². The molecule has 2 fully saturated rings. The minimum atomic E-state index is 0.131. The van der Waals surface area contributed by atoms with Crippen LogP contribution in [0.1, 0.15) is 33.1 Å². The van der Waals surface area contributed by atoms with Gasteiger partial charge in [-0.1, -0.05) is 13.8 Å². The number of carbonyl (C=O) groups excluding carboxylic acids is 1. The zero-order chi connectivity index (χ0) is 14.9. The summed E-state index contributed by atoms with van der Waals surface area (Å²) in [6.45, 7) is 6.26. The summed E-state index contributed by atoms with van der Waals surface area (Å²) >= 11 is 0. The summed E-state index contributed by atoms with van der Waals surface area (Å²) in [5.74, 6) is 0. The highest BCUT2D eigenvalue weighted by Crippen LogP contribution is 2.42. The molecule has 0 radical (unpaired) electrons. The van der Waals surface area contributed by atoms with Gasteiger partial charge in [-0.15, -0.1) is 0 Å². The fraction of sp³-hybridized carbons (Fsp3) is 0.933. The average Bonchev–Trinajstić information content (AvgIpc) is 2.42. The van der Waals surface area contributed by atoms with Crippen molar-refractivity contribution in [3.05, 3.63) is 0 Å². The molecular formula is C15H29N3O2. The highest BCUT2D eigenvalue weighted by atomic mass is 16.5. The van der Waals surface area contributed by atoms with E-state index in [1.807, 2.05) is 19.0 Å². The molecule has 5 nitrogen and oxygen atoms in total. The molecule has 5 heteroatoms. The Labute approximate surface area is 122 Å². The van der Waals surface area contributed by atoms with Gasteiger partial charge in [0.25, 0.3) is 0 Å². The Morgan fingerprint density at radius 1 is 1.30 bits per heavy atom. The third kappa shape index (κ3) is 2.93. The lowest BCUT2D eigenvalue weighted by atomic mass is 9.64. The van der Waals surface area contributed by atoms with Gasteiger partial charge in [0.05, 0.1) is 6.10 Å². The molecule has 2 rings (SSSR count). The number of piperidine rings is 1. The van der Waals surface area contributed by atoms with Crippen molar-refractivity contribution in [2.45, 2.75) is 51.3 Å². The summed E-state index contributed by atoms with van der Waals surface area (Å²) < 4.78 is 5.50. The van der Waals surface area contributed by atoms with Crippen LogP contribution in [0.4, 0.5) is 4.79 Å². The van der Waals surface area contributed by atoms with Crippen molar-refractivity contribution in [3.8, 4) is 0 Å². The van der Waals surface area contributed by atoms with Crippen molar-refractivity contribution in [2.24, 2.45) is 5.41 Å². The number of urea groups is 1. The Bertz CT molecular complexity index is 349. The van der Waals surface area contributed by atoms with Crippen LogP contribution in [-0.2, 0) is 4.74 Å². The third-order valence-electron chi connectivity index (χ3n) is 5.05. The molecule has 1 N–H and O–H groups in total. The van der Waals surface area contributed by atoms with Crippen molar-refractivity contribution >= 4 is 6.03 Å². The van der Waals surface area contributed by atoms with Gasteiger partial charge in [0.15, 0.2) is 0 Å². The number of carbonyl (C=O) groups is 1. The van der Waals surface area contributed by atoms with E-state index in [1.165, 1.54) is 0 Å². The number of nitrogens with one attached hydrogen (secondary N) is 1. The van der Waals surface area contributed by atoms with Gasteiger partial charge in [-0.3, -0.25) is 0 Å². The summed E-state index contributed by atoms with van der Waals surface area (Å²) in [5.41, 5.74) is 0.214. The van der Waals surface area contributed by atoms with Gasteiger partial charge in [0.2, 0.25) is 0 Å². The molecule has 0 aromatic carbocycles. The number of hydrogen-bond donors (Lipinski definition) is 1. The van der Waals surface area contributed by atoms with Crippen LogP contribution in [-0.4, -0.2) is 68.3 Å². The first kappa shape index (κ1) is 15.6. The maximum absolute atomic E-state index is 11.9. The number of amides is 2. The minimum Gasteiger partial charge on any atom is -0.381 e. The fourth-order valence-corrected chi connectivity index (χ4v) is 3.37. The Morgan fingerprint density at radius 2 is 1.90 bits per heavy atom. The smallest absolute Gasteiger partial charge is 0.319 e. The second-order valence-electron chi connectivity index (χ2n) is 6.94. The van der Waals surface area contributed by atoms with E-state index < -0.39 is 0 Å². The number of methoxy groups -OCH3 is 1. The first-order valence-electron chi connectivity index (χ1n) is 7.61. The Hall–Kier alpha value is -0.810. The number of hydrogen-bond acceptors (Lipinski definition) is 3. The molecule has 20 heavy (non-hydrogen) atoms. The molecule has 2 amide bonds. The van der Waals surface area contributed by atoms with Crippen LogP contribution < -0.4 is 5.32 Å². The van der Waals surface area contributed by atoms with E-state index in [4.69, 9.17) is 4.74 Å². The molecule has 0 aromatic rings. The first-order valence-corrected chi connectivity index (χ1v) is 7.61. The van der Waals surface area contributed by atoms with Gasteiger partial charge in [0, 0.05) is 51.8 Å².